The van der Waals surface area contributed by atoms with Crippen LogP contribution in [-0.4, -0.2) is 12.2 Å². The van der Waals surface area contributed by atoms with E-state index in [1.807, 2.05) is 18.2 Å². The van der Waals surface area contributed by atoms with Crippen molar-refractivity contribution in [2.75, 3.05) is 6.61 Å². The van der Waals surface area contributed by atoms with Gasteiger partial charge in [0.05, 0.1) is 12.2 Å². The highest BCUT2D eigenvalue weighted by Crippen LogP contribution is 2.45. The molecule has 98 valence electrons. The Balaban J connectivity index is 1.74. The third-order valence-electron chi connectivity index (χ3n) is 4.17. The maximum absolute atomic E-state index is 6.29. The molecule has 2 heteroatoms. The Morgan fingerprint density at radius 1 is 1.06 bits per heavy atom. The lowest BCUT2D eigenvalue weighted by Gasteiger charge is -2.38. The molecule has 0 bridgehead atoms. The van der Waals surface area contributed by atoms with E-state index in [1.165, 1.54) is 6.42 Å². The van der Waals surface area contributed by atoms with Crippen molar-refractivity contribution >= 4 is 0 Å². The number of rotatable bonds is 1. The molecule has 4 atom stereocenters. The third kappa shape index (κ3) is 2.32. The second-order valence-electron chi connectivity index (χ2n) is 6.21. The van der Waals surface area contributed by atoms with Crippen LogP contribution in [0.5, 0.6) is 0 Å². The molecule has 1 saturated heterocycles. The van der Waals surface area contributed by atoms with Gasteiger partial charge < -0.3 is 9.47 Å². The van der Waals surface area contributed by atoms with E-state index in [0.717, 1.165) is 36.8 Å². The highest BCUT2D eigenvalue weighted by atomic mass is 16.7. The summed E-state index contributed by atoms with van der Waals surface area (Å²) in [5.74, 6) is 1.48. The van der Waals surface area contributed by atoms with Gasteiger partial charge >= 0.3 is 0 Å². The van der Waals surface area contributed by atoms with E-state index in [2.05, 4.69) is 26.0 Å². The molecule has 1 heterocycles. The molecule has 1 aromatic rings. The summed E-state index contributed by atoms with van der Waals surface area (Å²) < 4.78 is 12.2. The zero-order valence-electron chi connectivity index (χ0n) is 11.3. The molecule has 1 aliphatic heterocycles. The van der Waals surface area contributed by atoms with Crippen LogP contribution in [-0.2, 0) is 9.47 Å². The summed E-state index contributed by atoms with van der Waals surface area (Å²) in [6.45, 7) is 5.41. The quantitative estimate of drug-likeness (QED) is 0.747. The lowest BCUT2D eigenvalue weighted by Crippen LogP contribution is -2.40. The first kappa shape index (κ1) is 12.2. The standard InChI is InChI=1S/C16H22O2/c1-12-8-13(2)10-16(9-12)11-17-15(18-16)14-6-4-3-5-7-14/h3-7,12-13,15H,8-11H2,1-2H3/t12-,13+,15?,16+. The van der Waals surface area contributed by atoms with Crippen LogP contribution in [0.3, 0.4) is 0 Å². The Kier molecular flexibility index (Phi) is 3.16. The Bertz CT molecular complexity index is 391. The van der Waals surface area contributed by atoms with Crippen LogP contribution in [0.25, 0.3) is 0 Å². The van der Waals surface area contributed by atoms with Crippen molar-refractivity contribution in [2.45, 2.75) is 45.0 Å². The van der Waals surface area contributed by atoms with Gasteiger partial charge in [0, 0.05) is 5.56 Å². The zero-order valence-corrected chi connectivity index (χ0v) is 11.3. The van der Waals surface area contributed by atoms with Gasteiger partial charge in [0.2, 0.25) is 0 Å². The predicted octanol–water partition coefficient (Wildman–Crippen LogP) is 3.93. The van der Waals surface area contributed by atoms with Gasteiger partial charge in [-0.1, -0.05) is 44.2 Å². The van der Waals surface area contributed by atoms with Gasteiger partial charge in [-0.05, 0) is 31.1 Å². The number of hydrogen-bond donors (Lipinski definition) is 0. The zero-order chi connectivity index (χ0) is 12.6. The number of benzene rings is 1. The summed E-state index contributed by atoms with van der Waals surface area (Å²) in [5, 5.41) is 0. The summed E-state index contributed by atoms with van der Waals surface area (Å²) in [6, 6.07) is 10.3. The van der Waals surface area contributed by atoms with Crippen molar-refractivity contribution in [2.24, 2.45) is 11.8 Å². The first-order valence-electron chi connectivity index (χ1n) is 7.01. The molecule has 2 aliphatic rings. The van der Waals surface area contributed by atoms with E-state index >= 15 is 0 Å². The molecule has 1 aromatic carbocycles. The molecular weight excluding hydrogens is 224 g/mol. The van der Waals surface area contributed by atoms with Crippen LogP contribution in [0.2, 0.25) is 0 Å². The fourth-order valence-electron chi connectivity index (χ4n) is 3.72. The first-order chi connectivity index (χ1) is 8.67. The van der Waals surface area contributed by atoms with Gasteiger partial charge in [-0.25, -0.2) is 0 Å². The number of ether oxygens (including phenoxy) is 2. The second kappa shape index (κ2) is 4.67. The molecule has 1 spiro atoms. The Labute approximate surface area is 109 Å². The average molecular weight is 246 g/mol. The van der Waals surface area contributed by atoms with Crippen LogP contribution < -0.4 is 0 Å². The molecule has 3 rings (SSSR count). The second-order valence-corrected chi connectivity index (χ2v) is 6.21. The molecule has 2 fully saturated rings. The van der Waals surface area contributed by atoms with Gasteiger partial charge in [-0.15, -0.1) is 0 Å². The maximum Gasteiger partial charge on any atom is 0.184 e. The predicted molar refractivity (Wildman–Crippen MR) is 71.1 cm³/mol. The monoisotopic (exact) mass is 246 g/mol. The van der Waals surface area contributed by atoms with Crippen molar-refractivity contribution in [3.63, 3.8) is 0 Å². The summed E-state index contributed by atoms with van der Waals surface area (Å²) in [4.78, 5) is 0. The smallest absolute Gasteiger partial charge is 0.184 e. The molecule has 0 N–H and O–H groups in total. The minimum Gasteiger partial charge on any atom is -0.345 e. The van der Waals surface area contributed by atoms with Crippen LogP contribution in [0, 0.1) is 11.8 Å². The van der Waals surface area contributed by atoms with Gasteiger partial charge in [0.15, 0.2) is 6.29 Å². The maximum atomic E-state index is 6.29. The minimum absolute atomic E-state index is 0.0302. The topological polar surface area (TPSA) is 18.5 Å². The van der Waals surface area contributed by atoms with Crippen molar-refractivity contribution in [3.05, 3.63) is 35.9 Å². The molecule has 0 amide bonds. The Morgan fingerprint density at radius 3 is 2.39 bits per heavy atom. The molecule has 1 saturated carbocycles. The van der Waals surface area contributed by atoms with E-state index in [4.69, 9.17) is 9.47 Å². The van der Waals surface area contributed by atoms with E-state index in [-0.39, 0.29) is 11.9 Å². The largest absolute Gasteiger partial charge is 0.345 e. The molecule has 1 aliphatic carbocycles. The van der Waals surface area contributed by atoms with Crippen LogP contribution >= 0.6 is 0 Å². The summed E-state index contributed by atoms with van der Waals surface area (Å²) >= 11 is 0. The highest BCUT2D eigenvalue weighted by molar-refractivity contribution is 5.17. The van der Waals surface area contributed by atoms with E-state index < -0.39 is 0 Å². The van der Waals surface area contributed by atoms with E-state index in [1.54, 1.807) is 0 Å². The van der Waals surface area contributed by atoms with Gasteiger partial charge in [-0.2, -0.15) is 0 Å². The van der Waals surface area contributed by atoms with Crippen molar-refractivity contribution in [1.29, 1.82) is 0 Å². The average Bonchev–Trinajstić information content (AvgIpc) is 2.72. The third-order valence-corrected chi connectivity index (χ3v) is 4.17. The first-order valence-corrected chi connectivity index (χ1v) is 7.01. The van der Waals surface area contributed by atoms with E-state index in [0.29, 0.717) is 0 Å². The molecule has 0 aromatic heterocycles. The van der Waals surface area contributed by atoms with Gasteiger partial charge in [0.25, 0.3) is 0 Å². The van der Waals surface area contributed by atoms with Gasteiger partial charge in [0.1, 0.15) is 0 Å². The Morgan fingerprint density at radius 2 is 1.72 bits per heavy atom. The highest BCUT2D eigenvalue weighted by Gasteiger charge is 2.46. The van der Waals surface area contributed by atoms with Crippen LogP contribution in [0.4, 0.5) is 0 Å². The molecule has 0 radical (unpaired) electrons. The SMILES string of the molecule is C[C@@H]1C[C@H](C)C[C@]2(COC(c3ccccc3)O2)C1. The lowest BCUT2D eigenvalue weighted by atomic mass is 9.74. The van der Waals surface area contributed by atoms with Crippen LogP contribution in [0.1, 0.15) is 45.0 Å². The van der Waals surface area contributed by atoms with Crippen molar-refractivity contribution in [3.8, 4) is 0 Å². The number of hydrogen-bond acceptors (Lipinski definition) is 2. The molecule has 1 unspecified atom stereocenters. The molecule has 18 heavy (non-hydrogen) atoms. The molecule has 2 nitrogen and oxygen atoms in total. The normalized spacial score (nSPS) is 40.2. The van der Waals surface area contributed by atoms with E-state index in [9.17, 15) is 0 Å². The van der Waals surface area contributed by atoms with Gasteiger partial charge in [-0.3, -0.25) is 0 Å². The lowest BCUT2D eigenvalue weighted by molar-refractivity contribution is -0.114. The fraction of sp³-hybridized carbons (Fsp3) is 0.625. The van der Waals surface area contributed by atoms with Crippen molar-refractivity contribution in [1.82, 2.24) is 0 Å². The summed E-state index contributed by atoms with van der Waals surface area (Å²) in [7, 11) is 0. The summed E-state index contributed by atoms with van der Waals surface area (Å²) in [6.07, 6.45) is 3.44. The summed E-state index contributed by atoms with van der Waals surface area (Å²) in [5.41, 5.74) is 1.11. The fourth-order valence-corrected chi connectivity index (χ4v) is 3.72. The van der Waals surface area contributed by atoms with Crippen LogP contribution in [0.15, 0.2) is 30.3 Å². The van der Waals surface area contributed by atoms with Crippen molar-refractivity contribution < 1.29 is 9.47 Å². The minimum atomic E-state index is -0.163. The molecular formula is C16H22O2. The Hall–Kier alpha value is -0.860.